The fraction of sp³-hybridized carbons (Fsp3) is 0.103. The maximum Gasteiger partial charge on any atom is 0.255 e. The third-order valence-electron chi connectivity index (χ3n) is 5.63. The van der Waals surface area contributed by atoms with Crippen LogP contribution in [0.25, 0.3) is 28.0 Å². The van der Waals surface area contributed by atoms with Crippen molar-refractivity contribution in [3.8, 4) is 28.1 Å². The van der Waals surface area contributed by atoms with Crippen LogP contribution in [0.5, 0.6) is 5.75 Å². The number of anilines is 1. The molecule has 34 heavy (non-hydrogen) atoms. The van der Waals surface area contributed by atoms with E-state index in [0.29, 0.717) is 29.3 Å². The van der Waals surface area contributed by atoms with E-state index < -0.39 is 0 Å². The molecule has 0 bridgehead atoms. The molecule has 0 aliphatic carbocycles. The third kappa shape index (κ3) is 4.41. The van der Waals surface area contributed by atoms with Crippen LogP contribution in [0.4, 0.5) is 5.69 Å². The number of aryl methyl sites for hydroxylation is 1. The summed E-state index contributed by atoms with van der Waals surface area (Å²) in [7, 11) is 0. The predicted molar refractivity (Wildman–Crippen MR) is 136 cm³/mol. The standard InChI is InChI=1S/C29H25N3O2/c1-3-34-25-11-7-10-24(17-25)29(33)31-26-16-20(2)18-32-19-27(30-28(26)32)23-14-12-22(13-15-23)21-8-5-4-6-9-21/h4-19H,3H2,1-2H3,(H,31,33). The van der Waals surface area contributed by atoms with Gasteiger partial charge in [0, 0.05) is 23.5 Å². The highest BCUT2D eigenvalue weighted by Crippen LogP contribution is 2.27. The van der Waals surface area contributed by atoms with Gasteiger partial charge in [0.15, 0.2) is 5.65 Å². The molecule has 0 aliphatic heterocycles. The molecule has 0 fully saturated rings. The average Bonchev–Trinajstić information content (AvgIpc) is 3.29. The Kier molecular flexibility index (Phi) is 5.83. The minimum atomic E-state index is -0.203. The van der Waals surface area contributed by atoms with Gasteiger partial charge in [0.05, 0.1) is 18.0 Å². The van der Waals surface area contributed by atoms with Crippen molar-refractivity contribution in [1.82, 2.24) is 9.38 Å². The fourth-order valence-corrected chi connectivity index (χ4v) is 4.02. The summed E-state index contributed by atoms with van der Waals surface area (Å²) in [6.45, 7) is 4.47. The maximum absolute atomic E-state index is 13.0. The predicted octanol–water partition coefficient (Wildman–Crippen LogP) is 6.63. The summed E-state index contributed by atoms with van der Waals surface area (Å²) in [6.07, 6.45) is 4.00. The number of aromatic nitrogens is 2. The Morgan fingerprint density at radius 1 is 0.882 bits per heavy atom. The molecule has 0 aliphatic rings. The topological polar surface area (TPSA) is 55.6 Å². The number of fused-ring (bicyclic) bond motifs is 1. The first-order valence-electron chi connectivity index (χ1n) is 11.3. The summed E-state index contributed by atoms with van der Waals surface area (Å²) in [5.41, 5.74) is 7.12. The van der Waals surface area contributed by atoms with E-state index in [-0.39, 0.29) is 5.91 Å². The summed E-state index contributed by atoms with van der Waals surface area (Å²) in [5.74, 6) is 0.470. The number of pyridine rings is 1. The van der Waals surface area contributed by atoms with E-state index in [0.717, 1.165) is 22.4 Å². The lowest BCUT2D eigenvalue weighted by Crippen LogP contribution is -2.13. The molecule has 0 radical (unpaired) electrons. The minimum Gasteiger partial charge on any atom is -0.494 e. The lowest BCUT2D eigenvalue weighted by atomic mass is 10.0. The Bertz CT molecular complexity index is 1450. The van der Waals surface area contributed by atoms with Crippen LogP contribution in [-0.2, 0) is 0 Å². The number of hydrogen-bond acceptors (Lipinski definition) is 3. The maximum atomic E-state index is 13.0. The molecule has 2 aromatic heterocycles. The smallest absolute Gasteiger partial charge is 0.255 e. The second-order valence-corrected chi connectivity index (χ2v) is 8.15. The number of nitrogens with zero attached hydrogens (tertiary/aromatic N) is 2. The van der Waals surface area contributed by atoms with Gasteiger partial charge < -0.3 is 14.5 Å². The number of nitrogens with one attached hydrogen (secondary N) is 1. The SMILES string of the molecule is CCOc1cccc(C(=O)Nc2cc(C)cn3cc(-c4ccc(-c5ccccc5)cc4)nc23)c1. The van der Waals surface area contributed by atoms with Crippen LogP contribution in [0.2, 0.25) is 0 Å². The number of carbonyl (C=O) groups is 1. The minimum absolute atomic E-state index is 0.203. The Morgan fingerprint density at radius 3 is 2.38 bits per heavy atom. The molecule has 0 saturated heterocycles. The summed E-state index contributed by atoms with van der Waals surface area (Å²) in [6, 6.07) is 27.8. The summed E-state index contributed by atoms with van der Waals surface area (Å²) in [5, 5.41) is 3.03. The highest BCUT2D eigenvalue weighted by Gasteiger charge is 2.14. The lowest BCUT2D eigenvalue weighted by Gasteiger charge is -2.09. The number of amides is 1. The van der Waals surface area contributed by atoms with Gasteiger partial charge in [-0.2, -0.15) is 0 Å². The van der Waals surface area contributed by atoms with Crippen molar-refractivity contribution >= 4 is 17.2 Å². The first kappa shape index (κ1) is 21.5. The van der Waals surface area contributed by atoms with E-state index in [4.69, 9.17) is 9.72 Å². The van der Waals surface area contributed by atoms with Gasteiger partial charge in [0.25, 0.3) is 5.91 Å². The van der Waals surface area contributed by atoms with Gasteiger partial charge in [0.1, 0.15) is 5.75 Å². The van der Waals surface area contributed by atoms with Crippen LogP contribution >= 0.6 is 0 Å². The van der Waals surface area contributed by atoms with Crippen LogP contribution in [0.1, 0.15) is 22.8 Å². The van der Waals surface area contributed by atoms with Crippen LogP contribution in [0, 0.1) is 6.92 Å². The molecular weight excluding hydrogens is 422 g/mol. The quantitative estimate of drug-likeness (QED) is 0.318. The summed E-state index contributed by atoms with van der Waals surface area (Å²) in [4.78, 5) is 17.8. The number of benzene rings is 3. The van der Waals surface area contributed by atoms with Crippen LogP contribution in [-0.4, -0.2) is 21.9 Å². The lowest BCUT2D eigenvalue weighted by molar-refractivity contribution is 0.102. The molecule has 0 spiro atoms. The zero-order valence-corrected chi connectivity index (χ0v) is 19.2. The van der Waals surface area contributed by atoms with Crippen molar-refractivity contribution in [3.63, 3.8) is 0 Å². The van der Waals surface area contributed by atoms with Crippen molar-refractivity contribution in [3.05, 3.63) is 108 Å². The van der Waals surface area contributed by atoms with Crippen LogP contribution in [0.15, 0.2) is 97.3 Å². The van der Waals surface area contributed by atoms with E-state index >= 15 is 0 Å². The Balaban J connectivity index is 1.45. The molecule has 0 atom stereocenters. The van der Waals surface area contributed by atoms with Gasteiger partial charge >= 0.3 is 0 Å². The van der Waals surface area contributed by atoms with Crippen molar-refractivity contribution in [1.29, 1.82) is 0 Å². The molecule has 5 nitrogen and oxygen atoms in total. The van der Waals surface area contributed by atoms with E-state index in [9.17, 15) is 4.79 Å². The number of ether oxygens (including phenoxy) is 1. The number of carbonyl (C=O) groups excluding carboxylic acids is 1. The zero-order valence-electron chi connectivity index (χ0n) is 19.2. The highest BCUT2D eigenvalue weighted by atomic mass is 16.5. The van der Waals surface area contributed by atoms with Gasteiger partial charge in [-0.3, -0.25) is 4.79 Å². The third-order valence-corrected chi connectivity index (χ3v) is 5.63. The summed E-state index contributed by atoms with van der Waals surface area (Å²) >= 11 is 0. The van der Waals surface area contributed by atoms with E-state index in [1.807, 2.05) is 67.0 Å². The van der Waals surface area contributed by atoms with Gasteiger partial charge in [0.2, 0.25) is 0 Å². The van der Waals surface area contributed by atoms with Crippen molar-refractivity contribution in [2.24, 2.45) is 0 Å². The molecule has 3 aromatic carbocycles. The van der Waals surface area contributed by atoms with Crippen LogP contribution in [0.3, 0.4) is 0 Å². The number of rotatable bonds is 6. The van der Waals surface area contributed by atoms with Crippen molar-refractivity contribution in [2.45, 2.75) is 13.8 Å². The van der Waals surface area contributed by atoms with Gasteiger partial charge in [-0.05, 0) is 54.8 Å². The number of imidazole rings is 1. The second-order valence-electron chi connectivity index (χ2n) is 8.15. The van der Waals surface area contributed by atoms with Crippen molar-refractivity contribution < 1.29 is 9.53 Å². The van der Waals surface area contributed by atoms with Crippen LogP contribution < -0.4 is 10.1 Å². The molecule has 5 rings (SSSR count). The van der Waals surface area contributed by atoms with Gasteiger partial charge in [-0.25, -0.2) is 4.98 Å². The molecule has 1 amide bonds. The van der Waals surface area contributed by atoms with E-state index in [2.05, 4.69) is 41.7 Å². The Labute approximate surface area is 198 Å². The van der Waals surface area contributed by atoms with E-state index in [1.165, 1.54) is 5.56 Å². The number of hydrogen-bond donors (Lipinski definition) is 1. The van der Waals surface area contributed by atoms with E-state index in [1.54, 1.807) is 12.1 Å². The Hall–Kier alpha value is -4.38. The molecule has 2 heterocycles. The molecule has 1 N–H and O–H groups in total. The fourth-order valence-electron chi connectivity index (χ4n) is 4.02. The van der Waals surface area contributed by atoms with Gasteiger partial charge in [-0.15, -0.1) is 0 Å². The summed E-state index contributed by atoms with van der Waals surface area (Å²) < 4.78 is 7.49. The van der Waals surface area contributed by atoms with Crippen molar-refractivity contribution in [2.75, 3.05) is 11.9 Å². The molecule has 0 saturated carbocycles. The molecule has 5 heteroatoms. The molecule has 5 aromatic rings. The molecular formula is C29H25N3O2. The first-order chi connectivity index (χ1) is 16.6. The molecule has 168 valence electrons. The van der Waals surface area contributed by atoms with Gasteiger partial charge in [-0.1, -0.05) is 60.7 Å². The average molecular weight is 448 g/mol. The second kappa shape index (κ2) is 9.24. The zero-order chi connectivity index (χ0) is 23.5. The Morgan fingerprint density at radius 2 is 1.62 bits per heavy atom. The molecule has 0 unspecified atom stereocenters. The highest BCUT2D eigenvalue weighted by molar-refractivity contribution is 6.06. The first-order valence-corrected chi connectivity index (χ1v) is 11.3. The monoisotopic (exact) mass is 447 g/mol. The normalized spacial score (nSPS) is 10.9. The largest absolute Gasteiger partial charge is 0.494 e.